The molecule has 0 saturated carbocycles. The predicted octanol–water partition coefficient (Wildman–Crippen LogP) is 4.59. The number of aromatic nitrogens is 2. The van der Waals surface area contributed by atoms with Crippen molar-refractivity contribution in [2.24, 2.45) is 7.05 Å². The average molecular weight is 455 g/mol. The molecule has 11 heteroatoms. The van der Waals surface area contributed by atoms with Crippen LogP contribution in [-0.2, 0) is 16.5 Å². The van der Waals surface area contributed by atoms with Crippen molar-refractivity contribution >= 4 is 11.5 Å². The lowest BCUT2D eigenvalue weighted by Crippen LogP contribution is -2.18. The molecule has 1 saturated heterocycles. The number of benzene rings is 2. The zero-order chi connectivity index (χ0) is 23.0. The van der Waals surface area contributed by atoms with Crippen molar-refractivity contribution in [3.63, 3.8) is 0 Å². The van der Waals surface area contributed by atoms with Gasteiger partial charge in [0.05, 0.1) is 30.0 Å². The van der Waals surface area contributed by atoms with Crippen LogP contribution in [0.1, 0.15) is 5.69 Å². The quantitative estimate of drug-likeness (QED) is 0.552. The number of aryl methyl sites for hydroxylation is 2. The second-order valence-corrected chi connectivity index (χ2v) is 7.05. The van der Waals surface area contributed by atoms with Crippen molar-refractivity contribution in [3.05, 3.63) is 59.0 Å². The third-order valence-electron chi connectivity index (χ3n) is 4.82. The summed E-state index contributed by atoms with van der Waals surface area (Å²) in [7, 11) is 1.42. The zero-order valence-electron chi connectivity index (χ0n) is 17.0. The molecule has 170 valence electrons. The smallest absolute Gasteiger partial charge is 0.191 e. The summed E-state index contributed by atoms with van der Waals surface area (Å²) in [5.41, 5.74) is -1.02. The van der Waals surface area contributed by atoms with Crippen molar-refractivity contribution in [2.45, 2.75) is 13.2 Å². The van der Waals surface area contributed by atoms with Crippen LogP contribution in [0.4, 0.5) is 33.5 Å². The topological polar surface area (TPSA) is 57.5 Å². The van der Waals surface area contributed by atoms with Crippen molar-refractivity contribution in [1.29, 1.82) is 0 Å². The van der Waals surface area contributed by atoms with Gasteiger partial charge in [-0.3, -0.25) is 4.68 Å². The summed E-state index contributed by atoms with van der Waals surface area (Å²) in [5.74, 6) is -5.67. The van der Waals surface area contributed by atoms with E-state index in [-0.39, 0.29) is 29.4 Å². The first kappa shape index (κ1) is 22.0. The number of halogens is 5. The van der Waals surface area contributed by atoms with Gasteiger partial charge in [0.25, 0.3) is 0 Å². The van der Waals surface area contributed by atoms with Crippen molar-refractivity contribution in [2.75, 3.05) is 25.1 Å². The molecule has 1 N–H and O–H groups in total. The molecule has 1 aliphatic rings. The Kier molecular flexibility index (Phi) is 6.02. The van der Waals surface area contributed by atoms with Crippen molar-refractivity contribution in [3.8, 4) is 16.9 Å². The first-order chi connectivity index (χ1) is 15.2. The molecule has 0 spiro atoms. The molecule has 6 nitrogen and oxygen atoms in total. The maximum atomic E-state index is 15.0. The first-order valence-electron chi connectivity index (χ1n) is 9.55. The van der Waals surface area contributed by atoms with Crippen LogP contribution in [0.25, 0.3) is 11.1 Å². The fraction of sp³-hybridized carbons (Fsp3) is 0.286. The Labute approximate surface area is 179 Å². The van der Waals surface area contributed by atoms with E-state index in [1.807, 2.05) is 0 Å². The Morgan fingerprint density at radius 2 is 1.56 bits per heavy atom. The number of nitrogens with zero attached hydrogens (tertiary/aromatic N) is 2. The number of nitrogens with one attached hydrogen (secondary N) is 1. The Hall–Kier alpha value is -3.18. The fourth-order valence-electron chi connectivity index (χ4n) is 3.42. The van der Waals surface area contributed by atoms with E-state index in [9.17, 15) is 22.0 Å². The average Bonchev–Trinajstić information content (AvgIpc) is 3.31. The molecular weight excluding hydrogens is 437 g/mol. The van der Waals surface area contributed by atoms with Crippen LogP contribution < -0.4 is 10.1 Å². The molecule has 0 aliphatic carbocycles. The van der Waals surface area contributed by atoms with Gasteiger partial charge in [0.1, 0.15) is 41.3 Å². The summed E-state index contributed by atoms with van der Waals surface area (Å²) in [4.78, 5) is 0. The number of hydrogen-bond acceptors (Lipinski definition) is 5. The van der Waals surface area contributed by atoms with Gasteiger partial charge in [-0.25, -0.2) is 22.0 Å². The Morgan fingerprint density at radius 3 is 2.16 bits per heavy atom. The van der Waals surface area contributed by atoms with Gasteiger partial charge in [-0.1, -0.05) is 0 Å². The van der Waals surface area contributed by atoms with Crippen LogP contribution in [0.2, 0.25) is 0 Å². The molecule has 1 aliphatic heterocycles. The molecule has 0 atom stereocenters. The number of hydrogen-bond donors (Lipinski definition) is 1. The number of anilines is 2. The molecule has 4 rings (SSSR count). The third-order valence-corrected chi connectivity index (χ3v) is 4.82. The van der Waals surface area contributed by atoms with Crippen LogP contribution in [-0.4, -0.2) is 35.9 Å². The minimum atomic E-state index is -1.21. The minimum Gasteiger partial charge on any atom is -0.488 e. The van der Waals surface area contributed by atoms with Gasteiger partial charge in [0.15, 0.2) is 17.9 Å². The highest BCUT2D eigenvalue weighted by Gasteiger charge is 2.25. The van der Waals surface area contributed by atoms with Gasteiger partial charge < -0.3 is 19.5 Å². The normalized spacial score (nSPS) is 14.2. The van der Waals surface area contributed by atoms with Gasteiger partial charge >= 0.3 is 0 Å². The predicted molar refractivity (Wildman–Crippen MR) is 104 cm³/mol. The van der Waals surface area contributed by atoms with Crippen LogP contribution in [0.3, 0.4) is 0 Å². The van der Waals surface area contributed by atoms with Crippen LogP contribution in [0.5, 0.6) is 5.75 Å². The van der Waals surface area contributed by atoms with Crippen LogP contribution in [0.15, 0.2) is 24.3 Å². The molecule has 0 radical (unpaired) electrons. The molecule has 0 unspecified atom stereocenters. The molecule has 1 fully saturated rings. The summed E-state index contributed by atoms with van der Waals surface area (Å²) in [6.45, 7) is 2.23. The number of rotatable bonds is 6. The van der Waals surface area contributed by atoms with E-state index in [0.717, 1.165) is 12.1 Å². The highest BCUT2D eigenvalue weighted by atomic mass is 19.2. The monoisotopic (exact) mass is 455 g/mol. The largest absolute Gasteiger partial charge is 0.488 e. The van der Waals surface area contributed by atoms with E-state index in [4.69, 9.17) is 14.2 Å². The lowest BCUT2D eigenvalue weighted by Gasteiger charge is -2.15. The zero-order valence-corrected chi connectivity index (χ0v) is 17.0. The first-order valence-corrected chi connectivity index (χ1v) is 9.55. The highest BCUT2D eigenvalue weighted by Crippen LogP contribution is 2.38. The van der Waals surface area contributed by atoms with E-state index in [0.29, 0.717) is 25.3 Å². The van der Waals surface area contributed by atoms with Gasteiger partial charge in [-0.05, 0) is 6.92 Å². The van der Waals surface area contributed by atoms with Crippen molar-refractivity contribution < 1.29 is 36.2 Å². The Bertz CT molecular complexity index is 1120. The molecule has 1 aromatic heterocycles. The second kappa shape index (κ2) is 8.75. The molecule has 0 amide bonds. The van der Waals surface area contributed by atoms with E-state index < -0.39 is 46.6 Å². The van der Waals surface area contributed by atoms with E-state index in [2.05, 4.69) is 10.4 Å². The van der Waals surface area contributed by atoms with Gasteiger partial charge in [0.2, 0.25) is 0 Å². The highest BCUT2D eigenvalue weighted by molar-refractivity contribution is 5.82. The minimum absolute atomic E-state index is 0.0555. The Balaban J connectivity index is 1.70. The van der Waals surface area contributed by atoms with Crippen molar-refractivity contribution in [1.82, 2.24) is 9.78 Å². The molecule has 3 aromatic rings. The number of ether oxygens (including phenoxy) is 3. The molecular formula is C21H18F5N3O3. The van der Waals surface area contributed by atoms with Crippen LogP contribution in [0, 0.1) is 36.0 Å². The Morgan fingerprint density at radius 1 is 0.969 bits per heavy atom. The summed E-state index contributed by atoms with van der Waals surface area (Å²) in [6.07, 6.45) is -0.627. The van der Waals surface area contributed by atoms with Gasteiger partial charge in [0, 0.05) is 31.3 Å². The molecule has 2 heterocycles. The molecule has 2 aromatic carbocycles. The maximum absolute atomic E-state index is 15.0. The second-order valence-electron chi connectivity index (χ2n) is 7.05. The summed E-state index contributed by atoms with van der Waals surface area (Å²) >= 11 is 0. The third kappa shape index (κ3) is 4.26. The van der Waals surface area contributed by atoms with E-state index in [1.165, 1.54) is 18.7 Å². The summed E-state index contributed by atoms with van der Waals surface area (Å²) in [5, 5.41) is 6.53. The molecule has 0 bridgehead atoms. The lowest BCUT2D eigenvalue weighted by atomic mass is 10.0. The molecule has 32 heavy (non-hydrogen) atoms. The van der Waals surface area contributed by atoms with E-state index in [1.54, 1.807) is 0 Å². The lowest BCUT2D eigenvalue weighted by molar-refractivity contribution is -0.0685. The summed E-state index contributed by atoms with van der Waals surface area (Å²) in [6, 6.07) is 2.92. The van der Waals surface area contributed by atoms with Gasteiger partial charge in [-0.15, -0.1) is 0 Å². The standard InChI is InChI=1S/C21H18F5N3O3/c1-10-18(21(29(2)28-10)27-20-15(25)5-11(22)6-16(20)26)19-13(23)7-12(8-14(19)24)32-9-17-30-3-4-31-17/h5-8,17,27H,3-4,9H2,1-2H3. The van der Waals surface area contributed by atoms with E-state index >= 15 is 0 Å². The van der Waals surface area contributed by atoms with Gasteiger partial charge in [-0.2, -0.15) is 5.10 Å². The SMILES string of the molecule is Cc1nn(C)c(Nc2c(F)cc(F)cc2F)c1-c1c(F)cc(OCC2OCCO2)cc1F. The maximum Gasteiger partial charge on any atom is 0.191 e. The van der Waals surface area contributed by atoms with Crippen LogP contribution >= 0.6 is 0 Å². The summed E-state index contributed by atoms with van der Waals surface area (Å²) < 4.78 is 88.4. The fourth-order valence-corrected chi connectivity index (χ4v) is 3.42.